The molecule has 18 heteroatoms. The number of nitrogens with zero attached hydrogens (tertiary/aromatic N) is 10. The van der Waals surface area contributed by atoms with Gasteiger partial charge in [-0.15, -0.1) is 0 Å². The Morgan fingerprint density at radius 1 is 0.472 bits per heavy atom. The van der Waals surface area contributed by atoms with Crippen LogP contribution in [0, 0.1) is 0 Å². The van der Waals surface area contributed by atoms with Crippen molar-refractivity contribution >= 4 is 62.9 Å². The van der Waals surface area contributed by atoms with E-state index in [1.165, 1.54) is 17.3 Å². The van der Waals surface area contributed by atoms with Gasteiger partial charge in [-0.05, 0) is 73.9 Å². The molecule has 0 unspecified atom stereocenters. The number of fused-ring (bicyclic) bond motifs is 2. The fraction of sp³-hybridized carbons (Fsp3) is 0.148. The van der Waals surface area contributed by atoms with Crippen LogP contribution in [0.5, 0.6) is 0 Å². The number of aromatic nitrogens is 10. The summed E-state index contributed by atoms with van der Waals surface area (Å²) in [6.07, 6.45) is 13.3. The normalized spacial score (nSPS) is 12.0. The van der Waals surface area contributed by atoms with E-state index >= 15 is 0 Å². The Balaban J connectivity index is 0.000000150. The van der Waals surface area contributed by atoms with Crippen LogP contribution < -0.4 is 26.6 Å². The smallest absolute Gasteiger partial charge is 0.251 e. The molecule has 3 atom stereocenters. The molecule has 362 valence electrons. The molecule has 0 radical (unpaired) electrons. The molecule has 0 aliphatic rings. The highest BCUT2D eigenvalue weighted by molar-refractivity contribution is 6.29. The van der Waals surface area contributed by atoms with Gasteiger partial charge in [0, 0.05) is 43.3 Å². The van der Waals surface area contributed by atoms with E-state index in [9.17, 15) is 9.59 Å². The standard InChI is InChI=1S/2C21H20N6O.C12H12ClN3/c1-14(15-6-4-3-5-7-15)25-19-11-23-12-20(26-19)27-13-24-17-10-16(21(28)22-2)8-9-18(17)27;1-14(15-6-4-3-5-7-15)25-19-11-23-12-20(26-19)27-13-24-17-9-8-16(10-18(17)27)21(28)22-2;1-9(10-5-3-2-4-6-10)15-12-8-14-7-11(13)16-12/h2*3-14H,1-2H3,(H,22,28)(H,25,26);2-9H,1H3,(H,15,16)/t2*14-;9-/m000/s1. The molecular formula is C54H52ClN15O2. The Kier molecular flexibility index (Phi) is 16.1. The predicted octanol–water partition coefficient (Wildman–Crippen LogP) is 10.00. The monoisotopic (exact) mass is 977 g/mol. The van der Waals surface area contributed by atoms with Gasteiger partial charge in [0.15, 0.2) is 11.6 Å². The Hall–Kier alpha value is -9.09. The van der Waals surface area contributed by atoms with Crippen LogP contribution in [0.2, 0.25) is 5.15 Å². The third kappa shape index (κ3) is 12.4. The first-order chi connectivity index (χ1) is 35.1. The molecule has 0 saturated carbocycles. The number of hydrogen-bond donors (Lipinski definition) is 5. The SMILES string of the molecule is CNC(=O)c1ccc2c(c1)ncn2-c1cncc(N[C@@H](C)c2ccccc2)n1.CNC(=O)c1ccc2ncn(-c3cncc(N[C@@H](C)c4ccccc4)n3)c2c1.C[C@H](Nc1cncc(Cl)n1)c1ccccc1. The molecule has 5 N–H and O–H groups in total. The van der Waals surface area contributed by atoms with Crippen molar-refractivity contribution in [2.75, 3.05) is 30.0 Å². The molecule has 0 bridgehead atoms. The zero-order valence-electron chi connectivity index (χ0n) is 40.1. The van der Waals surface area contributed by atoms with E-state index in [0.717, 1.165) is 27.6 Å². The van der Waals surface area contributed by atoms with Gasteiger partial charge in [0.25, 0.3) is 11.8 Å². The van der Waals surface area contributed by atoms with E-state index in [-0.39, 0.29) is 29.9 Å². The zero-order chi connectivity index (χ0) is 50.4. The highest BCUT2D eigenvalue weighted by atomic mass is 35.5. The number of nitrogens with one attached hydrogen (secondary N) is 5. The third-order valence-electron chi connectivity index (χ3n) is 11.4. The molecule has 5 aromatic carbocycles. The van der Waals surface area contributed by atoms with Gasteiger partial charge in [-0.3, -0.25) is 33.7 Å². The molecule has 2 amide bonds. The van der Waals surface area contributed by atoms with Crippen molar-refractivity contribution in [1.29, 1.82) is 0 Å². The largest absolute Gasteiger partial charge is 0.362 e. The molecule has 0 aliphatic carbocycles. The van der Waals surface area contributed by atoms with E-state index in [1.54, 1.807) is 82.0 Å². The number of anilines is 3. The number of carbonyl (C=O) groups excluding carboxylic acids is 2. The molecular weight excluding hydrogens is 926 g/mol. The van der Waals surface area contributed by atoms with Gasteiger partial charge < -0.3 is 26.6 Å². The van der Waals surface area contributed by atoms with Crippen molar-refractivity contribution in [1.82, 2.24) is 59.6 Å². The first-order valence-corrected chi connectivity index (χ1v) is 23.4. The number of rotatable bonds is 13. The lowest BCUT2D eigenvalue weighted by molar-refractivity contribution is 0.0955. The maximum Gasteiger partial charge on any atom is 0.251 e. The predicted molar refractivity (Wildman–Crippen MR) is 283 cm³/mol. The van der Waals surface area contributed by atoms with Gasteiger partial charge >= 0.3 is 0 Å². The van der Waals surface area contributed by atoms with Gasteiger partial charge in [0.2, 0.25) is 0 Å². The second-order valence-electron chi connectivity index (χ2n) is 16.4. The summed E-state index contributed by atoms with van der Waals surface area (Å²) < 4.78 is 3.68. The highest BCUT2D eigenvalue weighted by Crippen LogP contribution is 2.24. The summed E-state index contributed by atoms with van der Waals surface area (Å²) in [7, 11) is 3.22. The quantitative estimate of drug-likeness (QED) is 0.0730. The molecule has 0 fully saturated rings. The third-order valence-corrected chi connectivity index (χ3v) is 11.6. The molecule has 10 rings (SSSR count). The van der Waals surface area contributed by atoms with E-state index < -0.39 is 0 Å². The number of benzene rings is 5. The van der Waals surface area contributed by atoms with Gasteiger partial charge in [-0.2, -0.15) is 0 Å². The average molecular weight is 979 g/mol. The second kappa shape index (κ2) is 23.5. The minimum atomic E-state index is -0.146. The van der Waals surface area contributed by atoms with Crippen molar-refractivity contribution in [3.05, 3.63) is 210 Å². The van der Waals surface area contributed by atoms with Crippen LogP contribution in [-0.4, -0.2) is 74.9 Å². The van der Waals surface area contributed by atoms with Gasteiger partial charge in [-0.1, -0.05) is 103 Å². The molecule has 72 heavy (non-hydrogen) atoms. The van der Waals surface area contributed by atoms with Crippen LogP contribution in [0.1, 0.15) is 76.3 Å². The molecule has 0 saturated heterocycles. The number of carbonyl (C=O) groups is 2. The molecule has 5 aromatic heterocycles. The lowest BCUT2D eigenvalue weighted by atomic mass is 10.1. The zero-order valence-corrected chi connectivity index (χ0v) is 40.9. The van der Waals surface area contributed by atoms with Gasteiger partial charge in [0.1, 0.15) is 35.3 Å². The number of halogens is 1. The Bertz CT molecular complexity index is 3390. The second-order valence-corrected chi connectivity index (χ2v) is 16.8. The van der Waals surface area contributed by atoms with E-state index in [1.807, 2.05) is 75.9 Å². The van der Waals surface area contributed by atoms with Crippen molar-refractivity contribution in [2.24, 2.45) is 0 Å². The van der Waals surface area contributed by atoms with Crippen LogP contribution in [0.4, 0.5) is 17.5 Å². The van der Waals surface area contributed by atoms with E-state index in [2.05, 4.69) is 124 Å². The number of amides is 2. The Labute approximate surface area is 421 Å². The summed E-state index contributed by atoms with van der Waals surface area (Å²) in [5.74, 6) is 3.02. The molecule has 17 nitrogen and oxygen atoms in total. The van der Waals surface area contributed by atoms with Crippen LogP contribution in [0.3, 0.4) is 0 Å². The van der Waals surface area contributed by atoms with Crippen molar-refractivity contribution in [2.45, 2.75) is 38.9 Å². The Morgan fingerprint density at radius 3 is 1.36 bits per heavy atom. The summed E-state index contributed by atoms with van der Waals surface area (Å²) in [6, 6.07) is 41.6. The van der Waals surface area contributed by atoms with Crippen molar-refractivity contribution < 1.29 is 9.59 Å². The van der Waals surface area contributed by atoms with E-state index in [4.69, 9.17) is 11.6 Å². The minimum absolute atomic E-state index is 0.0881. The lowest BCUT2D eigenvalue weighted by Gasteiger charge is -2.15. The lowest BCUT2D eigenvalue weighted by Crippen LogP contribution is -2.17. The van der Waals surface area contributed by atoms with Crippen LogP contribution >= 0.6 is 11.6 Å². The van der Waals surface area contributed by atoms with Gasteiger partial charge in [-0.25, -0.2) is 24.9 Å². The summed E-state index contributed by atoms with van der Waals surface area (Å²) in [6.45, 7) is 6.22. The van der Waals surface area contributed by atoms with Crippen molar-refractivity contribution in [3.63, 3.8) is 0 Å². The number of hydrogen-bond acceptors (Lipinski definition) is 13. The Morgan fingerprint density at radius 2 is 0.889 bits per heavy atom. The fourth-order valence-corrected chi connectivity index (χ4v) is 7.74. The molecule has 0 spiro atoms. The minimum Gasteiger partial charge on any atom is -0.362 e. The molecule has 0 aliphatic heterocycles. The fourth-order valence-electron chi connectivity index (χ4n) is 7.59. The van der Waals surface area contributed by atoms with Crippen LogP contribution in [-0.2, 0) is 0 Å². The van der Waals surface area contributed by atoms with Crippen LogP contribution in [0.25, 0.3) is 33.7 Å². The molecule has 5 heterocycles. The topological polar surface area (TPSA) is 207 Å². The van der Waals surface area contributed by atoms with E-state index in [0.29, 0.717) is 45.4 Å². The summed E-state index contributed by atoms with van der Waals surface area (Å²) in [5.41, 5.74) is 7.82. The summed E-state index contributed by atoms with van der Waals surface area (Å²) in [4.78, 5) is 58.7. The van der Waals surface area contributed by atoms with Gasteiger partial charge in [0.05, 0.1) is 59.2 Å². The maximum atomic E-state index is 12.0. The summed E-state index contributed by atoms with van der Waals surface area (Å²) >= 11 is 5.76. The summed E-state index contributed by atoms with van der Waals surface area (Å²) in [5, 5.41) is 15.6. The highest BCUT2D eigenvalue weighted by Gasteiger charge is 2.14. The van der Waals surface area contributed by atoms with Crippen LogP contribution in [0.15, 0.2) is 177 Å². The average Bonchev–Trinajstić information content (AvgIpc) is 4.06. The van der Waals surface area contributed by atoms with Crippen molar-refractivity contribution in [3.8, 4) is 11.6 Å². The first kappa shape index (κ1) is 49.3. The first-order valence-electron chi connectivity index (χ1n) is 23.0. The maximum absolute atomic E-state index is 12.0. The molecule has 10 aromatic rings. The number of imidazole rings is 2.